The Balaban J connectivity index is 1.76. The predicted octanol–water partition coefficient (Wildman–Crippen LogP) is 2.44. The van der Waals surface area contributed by atoms with Crippen LogP contribution < -0.4 is 10.6 Å². The summed E-state index contributed by atoms with van der Waals surface area (Å²) in [5.41, 5.74) is 2.59. The van der Waals surface area contributed by atoms with E-state index >= 15 is 0 Å². The van der Waals surface area contributed by atoms with Crippen LogP contribution in [0.3, 0.4) is 0 Å². The van der Waals surface area contributed by atoms with E-state index < -0.39 is 0 Å². The quantitative estimate of drug-likeness (QED) is 0.866. The van der Waals surface area contributed by atoms with Gasteiger partial charge in [0.2, 0.25) is 5.91 Å². The van der Waals surface area contributed by atoms with E-state index in [9.17, 15) is 4.79 Å². The third-order valence-corrected chi connectivity index (χ3v) is 4.18. The molecule has 1 fully saturated rings. The predicted molar refractivity (Wildman–Crippen MR) is 82.8 cm³/mol. The lowest BCUT2D eigenvalue weighted by Gasteiger charge is -2.30. The molecule has 1 aromatic carbocycles. The van der Waals surface area contributed by atoms with E-state index in [2.05, 4.69) is 48.7 Å². The van der Waals surface area contributed by atoms with Gasteiger partial charge in [-0.1, -0.05) is 31.2 Å². The number of carbonyl (C=O) groups is 1. The van der Waals surface area contributed by atoms with E-state index in [1.54, 1.807) is 0 Å². The number of amides is 1. The van der Waals surface area contributed by atoms with Gasteiger partial charge in [0.1, 0.15) is 0 Å². The summed E-state index contributed by atoms with van der Waals surface area (Å²) < 4.78 is 0. The van der Waals surface area contributed by atoms with Crippen molar-refractivity contribution in [1.82, 2.24) is 10.6 Å². The van der Waals surface area contributed by atoms with Crippen LogP contribution in [0.4, 0.5) is 0 Å². The Kier molecular flexibility index (Phi) is 5.60. The van der Waals surface area contributed by atoms with Crippen LogP contribution in [0.15, 0.2) is 24.3 Å². The molecule has 2 atom stereocenters. The van der Waals surface area contributed by atoms with Crippen LogP contribution in [-0.4, -0.2) is 24.5 Å². The molecule has 1 amide bonds. The fraction of sp³-hybridized carbons (Fsp3) is 0.588. The minimum atomic E-state index is 0.171. The molecule has 2 rings (SSSR count). The Hall–Kier alpha value is -1.35. The van der Waals surface area contributed by atoms with Crippen molar-refractivity contribution in [3.63, 3.8) is 0 Å². The molecule has 0 bridgehead atoms. The third-order valence-electron chi connectivity index (χ3n) is 4.18. The first kappa shape index (κ1) is 15.0. The second-order valence-electron chi connectivity index (χ2n) is 5.73. The fourth-order valence-corrected chi connectivity index (χ4v) is 2.72. The molecule has 0 radical (unpaired) electrons. The molecule has 1 aliphatic rings. The number of carbonyl (C=O) groups excluding carboxylic acids is 1. The topological polar surface area (TPSA) is 41.1 Å². The van der Waals surface area contributed by atoms with Crippen molar-refractivity contribution in [3.8, 4) is 0 Å². The standard InChI is InChI=1S/C17H26N2O/c1-3-14-6-8-15(9-7-14)10-11-17(20)19-16-5-4-12-18-13(16)2/h6-9,13,16,18H,3-5,10-12H2,1-2H3,(H,19,20). The minimum Gasteiger partial charge on any atom is -0.352 e. The number of piperidine rings is 1. The Morgan fingerprint density at radius 1 is 1.30 bits per heavy atom. The van der Waals surface area contributed by atoms with Crippen LogP contribution in [0.25, 0.3) is 0 Å². The van der Waals surface area contributed by atoms with Gasteiger partial charge in [0.15, 0.2) is 0 Å². The number of aryl methyl sites for hydroxylation is 2. The van der Waals surface area contributed by atoms with Crippen LogP contribution in [0.2, 0.25) is 0 Å². The molecule has 1 saturated heterocycles. The molecule has 3 nitrogen and oxygen atoms in total. The number of nitrogens with one attached hydrogen (secondary N) is 2. The second-order valence-corrected chi connectivity index (χ2v) is 5.73. The van der Waals surface area contributed by atoms with E-state index in [4.69, 9.17) is 0 Å². The Bertz CT molecular complexity index is 427. The number of hydrogen-bond acceptors (Lipinski definition) is 2. The lowest BCUT2D eigenvalue weighted by atomic mass is 9.99. The van der Waals surface area contributed by atoms with Crippen LogP contribution in [-0.2, 0) is 17.6 Å². The second kappa shape index (κ2) is 7.44. The largest absolute Gasteiger partial charge is 0.352 e. The molecule has 0 saturated carbocycles. The van der Waals surface area contributed by atoms with Crippen molar-refractivity contribution < 1.29 is 4.79 Å². The molecule has 2 N–H and O–H groups in total. The first-order valence-corrected chi connectivity index (χ1v) is 7.79. The summed E-state index contributed by atoms with van der Waals surface area (Å²) in [5, 5.41) is 6.57. The van der Waals surface area contributed by atoms with E-state index in [0.717, 1.165) is 32.2 Å². The third kappa shape index (κ3) is 4.34. The molecule has 0 aromatic heterocycles. The van der Waals surface area contributed by atoms with Gasteiger partial charge in [0.05, 0.1) is 0 Å². The molecule has 1 aliphatic heterocycles. The van der Waals surface area contributed by atoms with E-state index in [1.165, 1.54) is 11.1 Å². The summed E-state index contributed by atoms with van der Waals surface area (Å²) in [6.45, 7) is 5.37. The van der Waals surface area contributed by atoms with Gasteiger partial charge < -0.3 is 10.6 Å². The molecular formula is C17H26N2O. The Labute approximate surface area is 122 Å². The van der Waals surface area contributed by atoms with Crippen molar-refractivity contribution in [3.05, 3.63) is 35.4 Å². The number of hydrogen-bond donors (Lipinski definition) is 2. The first-order valence-electron chi connectivity index (χ1n) is 7.79. The van der Waals surface area contributed by atoms with Crippen LogP contribution >= 0.6 is 0 Å². The van der Waals surface area contributed by atoms with Crippen molar-refractivity contribution in [1.29, 1.82) is 0 Å². The highest BCUT2D eigenvalue weighted by molar-refractivity contribution is 5.76. The molecule has 0 aliphatic carbocycles. The monoisotopic (exact) mass is 274 g/mol. The lowest BCUT2D eigenvalue weighted by molar-refractivity contribution is -0.122. The highest BCUT2D eigenvalue weighted by atomic mass is 16.1. The van der Waals surface area contributed by atoms with Gasteiger partial charge in [-0.15, -0.1) is 0 Å². The zero-order valence-electron chi connectivity index (χ0n) is 12.6. The van der Waals surface area contributed by atoms with Crippen molar-refractivity contribution >= 4 is 5.91 Å². The maximum atomic E-state index is 12.0. The molecule has 2 unspecified atom stereocenters. The Morgan fingerprint density at radius 2 is 2.00 bits per heavy atom. The van der Waals surface area contributed by atoms with Gasteiger partial charge in [-0.2, -0.15) is 0 Å². The SMILES string of the molecule is CCc1ccc(CCC(=O)NC2CCCNC2C)cc1. The molecule has 1 aromatic rings. The van der Waals surface area contributed by atoms with Gasteiger partial charge in [-0.25, -0.2) is 0 Å². The van der Waals surface area contributed by atoms with Crippen molar-refractivity contribution in [2.45, 2.75) is 58.0 Å². The van der Waals surface area contributed by atoms with Crippen LogP contribution in [0.5, 0.6) is 0 Å². The maximum Gasteiger partial charge on any atom is 0.220 e. The average molecular weight is 274 g/mol. The summed E-state index contributed by atoms with van der Waals surface area (Å²) in [6, 6.07) is 9.25. The van der Waals surface area contributed by atoms with Gasteiger partial charge in [-0.05, 0) is 50.3 Å². The van der Waals surface area contributed by atoms with Crippen LogP contribution in [0, 0.1) is 0 Å². The fourth-order valence-electron chi connectivity index (χ4n) is 2.72. The molecular weight excluding hydrogens is 248 g/mol. The number of rotatable bonds is 5. The normalized spacial score (nSPS) is 22.5. The first-order chi connectivity index (χ1) is 9.69. The van der Waals surface area contributed by atoms with Crippen molar-refractivity contribution in [2.75, 3.05) is 6.54 Å². The smallest absolute Gasteiger partial charge is 0.220 e. The Morgan fingerprint density at radius 3 is 2.65 bits per heavy atom. The zero-order chi connectivity index (χ0) is 14.4. The number of benzene rings is 1. The van der Waals surface area contributed by atoms with Gasteiger partial charge in [-0.3, -0.25) is 4.79 Å². The zero-order valence-corrected chi connectivity index (χ0v) is 12.6. The summed E-state index contributed by atoms with van der Waals surface area (Å²) in [5.74, 6) is 0.171. The molecule has 20 heavy (non-hydrogen) atoms. The lowest BCUT2D eigenvalue weighted by Crippen LogP contribution is -2.51. The maximum absolute atomic E-state index is 12.0. The van der Waals surface area contributed by atoms with Gasteiger partial charge in [0, 0.05) is 18.5 Å². The summed E-state index contributed by atoms with van der Waals surface area (Å²) in [7, 11) is 0. The molecule has 0 spiro atoms. The summed E-state index contributed by atoms with van der Waals surface area (Å²) in [6.07, 6.45) is 4.70. The summed E-state index contributed by atoms with van der Waals surface area (Å²) >= 11 is 0. The van der Waals surface area contributed by atoms with Crippen molar-refractivity contribution in [2.24, 2.45) is 0 Å². The van der Waals surface area contributed by atoms with E-state index in [-0.39, 0.29) is 5.91 Å². The highest BCUT2D eigenvalue weighted by Gasteiger charge is 2.21. The highest BCUT2D eigenvalue weighted by Crippen LogP contribution is 2.10. The minimum absolute atomic E-state index is 0.171. The molecule has 3 heteroatoms. The average Bonchev–Trinajstić information content (AvgIpc) is 2.48. The van der Waals surface area contributed by atoms with E-state index in [1.807, 2.05) is 0 Å². The van der Waals surface area contributed by atoms with Gasteiger partial charge >= 0.3 is 0 Å². The van der Waals surface area contributed by atoms with E-state index in [0.29, 0.717) is 18.5 Å². The molecule has 1 heterocycles. The van der Waals surface area contributed by atoms with Crippen LogP contribution in [0.1, 0.15) is 44.2 Å². The summed E-state index contributed by atoms with van der Waals surface area (Å²) in [4.78, 5) is 12.0. The molecule has 110 valence electrons. The van der Waals surface area contributed by atoms with Gasteiger partial charge in [0.25, 0.3) is 0 Å².